The second-order valence-electron chi connectivity index (χ2n) is 10.9. The van der Waals surface area contributed by atoms with Gasteiger partial charge in [-0.3, -0.25) is 23.9 Å². The number of nitrogens with one attached hydrogen (secondary N) is 4. The van der Waals surface area contributed by atoms with Crippen LogP contribution >= 0.6 is 0 Å². The average molecular weight is 606 g/mol. The number of ether oxygens (including phenoxy) is 2. The average Bonchev–Trinajstić information content (AvgIpc) is 3.47. The molecule has 13 heteroatoms. The molecule has 0 radical (unpaired) electrons. The Morgan fingerprint density at radius 1 is 1.00 bits per heavy atom. The minimum Gasteiger partial charge on any atom is -0.493 e. The lowest BCUT2D eigenvalue weighted by atomic mass is 10.0. The molecule has 2 aromatic carbocycles. The summed E-state index contributed by atoms with van der Waals surface area (Å²) >= 11 is 0. The number of fused-ring (bicyclic) bond motifs is 4. The number of carbonyl (C=O) groups is 4. The van der Waals surface area contributed by atoms with Crippen LogP contribution < -0.4 is 30.7 Å². The maximum absolute atomic E-state index is 13.7. The summed E-state index contributed by atoms with van der Waals surface area (Å²) in [6, 6.07) is 11.2. The predicted octanol–water partition coefficient (Wildman–Crippen LogP) is 1.37. The highest BCUT2D eigenvalue weighted by Crippen LogP contribution is 2.28. The number of rotatable bonds is 4. The van der Waals surface area contributed by atoms with E-state index < -0.39 is 41.8 Å². The van der Waals surface area contributed by atoms with Gasteiger partial charge in [0.25, 0.3) is 5.91 Å². The molecule has 0 saturated carbocycles. The van der Waals surface area contributed by atoms with Gasteiger partial charge in [-0.2, -0.15) is 0 Å². The summed E-state index contributed by atoms with van der Waals surface area (Å²) in [5, 5.41) is 19.2. The summed E-state index contributed by atoms with van der Waals surface area (Å²) in [5.41, 5.74) is 1.65. The standard InChI is InChI=1S/C31H39N7O6/c1-19(2)27-31(42)33-20(3)28(39)32-17-23-18-38(37-36-23)13-8-14-44-26-16-22(11-12-25(26)43-4)29(40)34-24(30(41)35-27)15-21-9-6-5-7-10-21/h5-7,9-12,16,18-20,24,27H,8,13-15,17H2,1-4H3,(H,32,39)(H,33,42)(H,34,40)(H,35,41)/t20-,24-,27+/m1/s1. The Balaban J connectivity index is 1.63. The Bertz CT molecular complexity index is 1460. The highest BCUT2D eigenvalue weighted by Gasteiger charge is 2.31. The van der Waals surface area contributed by atoms with Crippen LogP contribution in [0.4, 0.5) is 0 Å². The van der Waals surface area contributed by atoms with Crippen LogP contribution in [-0.4, -0.2) is 70.5 Å². The van der Waals surface area contributed by atoms with Crippen molar-refractivity contribution in [2.24, 2.45) is 5.92 Å². The third kappa shape index (κ3) is 8.55. The Morgan fingerprint density at radius 3 is 2.50 bits per heavy atom. The van der Waals surface area contributed by atoms with Crippen molar-refractivity contribution in [3.63, 3.8) is 0 Å². The summed E-state index contributed by atoms with van der Waals surface area (Å²) in [4.78, 5) is 53.1. The molecule has 3 aromatic rings. The molecule has 4 amide bonds. The van der Waals surface area contributed by atoms with Crippen LogP contribution in [0.5, 0.6) is 11.5 Å². The first-order valence-corrected chi connectivity index (χ1v) is 14.6. The van der Waals surface area contributed by atoms with Crippen molar-refractivity contribution in [3.05, 3.63) is 71.5 Å². The second kappa shape index (κ2) is 15.0. The molecular formula is C31H39N7O6. The zero-order valence-corrected chi connectivity index (χ0v) is 25.3. The van der Waals surface area contributed by atoms with E-state index in [0.29, 0.717) is 36.8 Å². The van der Waals surface area contributed by atoms with Crippen molar-refractivity contribution < 1.29 is 28.7 Å². The Morgan fingerprint density at radius 2 is 1.77 bits per heavy atom. The quantitative estimate of drug-likeness (QED) is 0.346. The molecule has 4 N–H and O–H groups in total. The number of benzene rings is 2. The third-order valence-corrected chi connectivity index (χ3v) is 7.15. The van der Waals surface area contributed by atoms with Gasteiger partial charge in [0.05, 0.1) is 26.5 Å². The fraction of sp³-hybridized carbons (Fsp3) is 0.419. The van der Waals surface area contributed by atoms with E-state index in [1.54, 1.807) is 49.8 Å². The maximum atomic E-state index is 13.7. The summed E-state index contributed by atoms with van der Waals surface area (Å²) in [5.74, 6) is -1.46. The molecule has 1 aliphatic rings. The number of hydrogen-bond donors (Lipinski definition) is 4. The van der Waals surface area contributed by atoms with E-state index in [9.17, 15) is 19.2 Å². The van der Waals surface area contributed by atoms with Crippen molar-refractivity contribution >= 4 is 23.6 Å². The molecule has 0 saturated heterocycles. The van der Waals surface area contributed by atoms with Gasteiger partial charge < -0.3 is 30.7 Å². The number of amides is 4. The Hall–Kier alpha value is -4.94. The zero-order valence-electron chi connectivity index (χ0n) is 25.3. The molecule has 4 bridgehead atoms. The topological polar surface area (TPSA) is 166 Å². The molecule has 0 unspecified atom stereocenters. The SMILES string of the molecule is COc1ccc2cc1OCCCn1cc(nn1)CNC(=O)[C@@H](C)NC(=O)[C@H](C(C)C)NC(=O)[C@@H](Cc1ccccc1)NC2=O. The molecule has 2 heterocycles. The largest absolute Gasteiger partial charge is 0.493 e. The van der Waals surface area contributed by atoms with Gasteiger partial charge in [0, 0.05) is 24.9 Å². The minimum absolute atomic E-state index is 0.130. The number of methoxy groups -OCH3 is 1. The second-order valence-corrected chi connectivity index (χ2v) is 10.9. The Labute approximate surface area is 256 Å². The molecule has 1 aliphatic heterocycles. The number of nitrogens with zero attached hydrogens (tertiary/aromatic N) is 3. The molecule has 13 nitrogen and oxygen atoms in total. The normalized spacial score (nSPS) is 20.6. The predicted molar refractivity (Wildman–Crippen MR) is 161 cm³/mol. The lowest BCUT2D eigenvalue weighted by Gasteiger charge is -2.26. The molecule has 234 valence electrons. The van der Waals surface area contributed by atoms with Crippen molar-refractivity contribution in [3.8, 4) is 11.5 Å². The van der Waals surface area contributed by atoms with Crippen LogP contribution in [0.1, 0.15) is 48.8 Å². The maximum Gasteiger partial charge on any atom is 0.252 e. The van der Waals surface area contributed by atoms with Gasteiger partial charge in [0.2, 0.25) is 17.7 Å². The lowest BCUT2D eigenvalue weighted by Crippen LogP contribution is -2.58. The van der Waals surface area contributed by atoms with Crippen molar-refractivity contribution in [2.45, 2.75) is 64.8 Å². The summed E-state index contributed by atoms with van der Waals surface area (Å²) in [6.45, 7) is 6.07. The molecular weight excluding hydrogens is 566 g/mol. The fourth-order valence-corrected chi connectivity index (χ4v) is 4.66. The molecule has 0 fully saturated rings. The molecule has 3 atom stereocenters. The van der Waals surface area contributed by atoms with Gasteiger partial charge in [-0.05, 0) is 36.6 Å². The van der Waals surface area contributed by atoms with Crippen LogP contribution in [0.2, 0.25) is 0 Å². The number of hydrogen-bond acceptors (Lipinski definition) is 8. The van der Waals surface area contributed by atoms with Crippen molar-refractivity contribution in [2.75, 3.05) is 13.7 Å². The van der Waals surface area contributed by atoms with Gasteiger partial charge in [-0.15, -0.1) is 5.10 Å². The van der Waals surface area contributed by atoms with E-state index >= 15 is 0 Å². The first-order chi connectivity index (χ1) is 21.1. The first-order valence-electron chi connectivity index (χ1n) is 14.6. The van der Waals surface area contributed by atoms with E-state index in [1.807, 2.05) is 30.3 Å². The fourth-order valence-electron chi connectivity index (χ4n) is 4.66. The van der Waals surface area contributed by atoms with Crippen LogP contribution in [-0.2, 0) is 33.9 Å². The number of aryl methyl sites for hydroxylation is 1. The van der Waals surface area contributed by atoms with Gasteiger partial charge >= 0.3 is 0 Å². The van der Waals surface area contributed by atoms with Crippen molar-refractivity contribution in [1.29, 1.82) is 0 Å². The van der Waals surface area contributed by atoms with E-state index in [1.165, 1.54) is 7.11 Å². The van der Waals surface area contributed by atoms with Gasteiger partial charge in [-0.1, -0.05) is 49.4 Å². The highest BCUT2D eigenvalue weighted by atomic mass is 16.5. The van der Waals surface area contributed by atoms with E-state index in [-0.39, 0.29) is 24.4 Å². The van der Waals surface area contributed by atoms with Gasteiger partial charge in [0.15, 0.2) is 11.5 Å². The van der Waals surface area contributed by atoms with Crippen LogP contribution in [0, 0.1) is 5.92 Å². The third-order valence-electron chi connectivity index (χ3n) is 7.15. The molecule has 44 heavy (non-hydrogen) atoms. The minimum atomic E-state index is -1.01. The smallest absolute Gasteiger partial charge is 0.252 e. The first kappa shape index (κ1) is 32.0. The number of aromatic nitrogens is 3. The molecule has 0 aliphatic carbocycles. The van der Waals surface area contributed by atoms with Crippen LogP contribution in [0.15, 0.2) is 54.7 Å². The van der Waals surface area contributed by atoms with Crippen LogP contribution in [0.3, 0.4) is 0 Å². The molecule has 4 rings (SSSR count). The Kier molecular flexibility index (Phi) is 10.9. The van der Waals surface area contributed by atoms with E-state index in [2.05, 4.69) is 31.6 Å². The van der Waals surface area contributed by atoms with Crippen LogP contribution in [0.25, 0.3) is 0 Å². The van der Waals surface area contributed by atoms with Gasteiger partial charge in [-0.25, -0.2) is 0 Å². The monoisotopic (exact) mass is 605 g/mol. The summed E-state index contributed by atoms with van der Waals surface area (Å²) < 4.78 is 13.0. The highest BCUT2D eigenvalue weighted by molar-refractivity contribution is 5.99. The number of carbonyl (C=O) groups excluding carboxylic acids is 4. The van der Waals surface area contributed by atoms with Gasteiger partial charge in [0.1, 0.15) is 23.8 Å². The zero-order chi connectivity index (χ0) is 31.6. The van der Waals surface area contributed by atoms with Crippen molar-refractivity contribution in [1.82, 2.24) is 36.3 Å². The lowest BCUT2D eigenvalue weighted by molar-refractivity contribution is -0.133. The molecule has 1 aromatic heterocycles. The summed E-state index contributed by atoms with van der Waals surface area (Å²) in [7, 11) is 1.51. The van der Waals surface area contributed by atoms with E-state index in [4.69, 9.17) is 9.47 Å². The molecule has 0 spiro atoms. The van der Waals surface area contributed by atoms with E-state index in [0.717, 1.165) is 5.56 Å². The summed E-state index contributed by atoms with van der Waals surface area (Å²) in [6.07, 6.45) is 2.48.